The predicted molar refractivity (Wildman–Crippen MR) is 79.6 cm³/mol. The van der Waals surface area contributed by atoms with Gasteiger partial charge in [-0.2, -0.15) is 0 Å². The molecular formula is C14H12N4O4. The van der Waals surface area contributed by atoms with Gasteiger partial charge in [-0.3, -0.25) is 19.7 Å². The molecule has 2 N–H and O–H groups in total. The van der Waals surface area contributed by atoms with Gasteiger partial charge in [-0.1, -0.05) is 12.1 Å². The van der Waals surface area contributed by atoms with Gasteiger partial charge in [-0.25, -0.2) is 4.98 Å². The lowest BCUT2D eigenvalue weighted by Crippen LogP contribution is -2.17. The summed E-state index contributed by atoms with van der Waals surface area (Å²) in [5, 5.41) is 15.6. The molecule has 0 unspecified atom stereocenters. The summed E-state index contributed by atoms with van der Waals surface area (Å²) in [6.45, 7) is 1.34. The first-order chi connectivity index (χ1) is 10.5. The highest BCUT2D eigenvalue weighted by atomic mass is 16.6. The fourth-order valence-electron chi connectivity index (χ4n) is 1.73. The van der Waals surface area contributed by atoms with Gasteiger partial charge in [0.25, 0.3) is 11.6 Å². The van der Waals surface area contributed by atoms with Crippen LogP contribution in [0.3, 0.4) is 0 Å². The molecule has 0 fully saturated rings. The molecule has 0 saturated carbocycles. The fraction of sp³-hybridized carbons (Fsp3) is 0.0714. The Morgan fingerprint density at radius 3 is 2.45 bits per heavy atom. The van der Waals surface area contributed by atoms with E-state index in [1.54, 1.807) is 24.3 Å². The number of rotatable bonds is 4. The molecule has 1 heterocycles. The molecule has 1 aromatic heterocycles. The highest BCUT2D eigenvalue weighted by Crippen LogP contribution is 2.17. The van der Waals surface area contributed by atoms with E-state index in [1.807, 2.05) is 0 Å². The highest BCUT2D eigenvalue weighted by molar-refractivity contribution is 6.09. The Hall–Kier alpha value is -3.29. The fourth-order valence-corrected chi connectivity index (χ4v) is 1.73. The third-order valence-electron chi connectivity index (χ3n) is 2.68. The summed E-state index contributed by atoms with van der Waals surface area (Å²) >= 11 is 0. The molecule has 0 bridgehead atoms. The Labute approximate surface area is 125 Å². The molecule has 0 aliphatic rings. The van der Waals surface area contributed by atoms with Gasteiger partial charge in [0.05, 0.1) is 16.2 Å². The molecule has 0 radical (unpaired) electrons. The minimum atomic E-state index is -0.579. The van der Waals surface area contributed by atoms with Gasteiger partial charge in [0, 0.05) is 13.0 Å². The van der Waals surface area contributed by atoms with E-state index >= 15 is 0 Å². The van der Waals surface area contributed by atoms with Crippen molar-refractivity contribution in [2.75, 3.05) is 10.6 Å². The zero-order valence-corrected chi connectivity index (χ0v) is 11.6. The predicted octanol–water partition coefficient (Wildman–Crippen LogP) is 2.20. The monoisotopic (exact) mass is 300 g/mol. The maximum absolute atomic E-state index is 12.2. The Kier molecular flexibility index (Phi) is 4.42. The average Bonchev–Trinajstić information content (AvgIpc) is 2.47. The molecule has 112 valence electrons. The van der Waals surface area contributed by atoms with Crippen LogP contribution in [0.2, 0.25) is 0 Å². The number of nitrogens with zero attached hydrogens (tertiary/aromatic N) is 2. The summed E-state index contributed by atoms with van der Waals surface area (Å²) in [6, 6.07) is 9.06. The van der Waals surface area contributed by atoms with Gasteiger partial charge >= 0.3 is 0 Å². The molecular weight excluding hydrogens is 288 g/mol. The van der Waals surface area contributed by atoms with E-state index in [9.17, 15) is 19.7 Å². The van der Waals surface area contributed by atoms with E-state index in [-0.39, 0.29) is 23.0 Å². The minimum Gasteiger partial charge on any atom is -0.326 e. The summed E-state index contributed by atoms with van der Waals surface area (Å²) in [5.74, 6) is -0.604. The van der Waals surface area contributed by atoms with Crippen LogP contribution < -0.4 is 10.6 Å². The average molecular weight is 300 g/mol. The van der Waals surface area contributed by atoms with E-state index in [4.69, 9.17) is 0 Å². The van der Waals surface area contributed by atoms with E-state index < -0.39 is 10.8 Å². The van der Waals surface area contributed by atoms with Crippen LogP contribution in [0, 0.1) is 10.1 Å². The van der Waals surface area contributed by atoms with Crippen LogP contribution >= 0.6 is 0 Å². The van der Waals surface area contributed by atoms with Gasteiger partial charge < -0.3 is 10.6 Å². The first kappa shape index (κ1) is 15.1. The number of aromatic nitrogens is 1. The first-order valence-electron chi connectivity index (χ1n) is 6.26. The van der Waals surface area contributed by atoms with Gasteiger partial charge in [0.2, 0.25) is 5.91 Å². The van der Waals surface area contributed by atoms with Gasteiger partial charge in [0.15, 0.2) is 0 Å². The number of benzene rings is 1. The van der Waals surface area contributed by atoms with Crippen molar-refractivity contribution in [1.82, 2.24) is 4.98 Å². The van der Waals surface area contributed by atoms with Crippen molar-refractivity contribution in [1.29, 1.82) is 0 Å². The zero-order valence-electron chi connectivity index (χ0n) is 11.6. The number of nitrogens with one attached hydrogen (secondary N) is 2. The van der Waals surface area contributed by atoms with Crippen LogP contribution in [0.4, 0.5) is 17.2 Å². The quantitative estimate of drug-likeness (QED) is 0.663. The topological polar surface area (TPSA) is 114 Å². The molecule has 8 nitrogen and oxygen atoms in total. The van der Waals surface area contributed by atoms with Crippen molar-refractivity contribution >= 4 is 29.0 Å². The molecule has 0 aliphatic carbocycles. The Bertz CT molecular complexity index is 728. The summed E-state index contributed by atoms with van der Waals surface area (Å²) in [6.07, 6.45) is 1.05. The highest BCUT2D eigenvalue weighted by Gasteiger charge is 2.13. The number of hydrogen-bond acceptors (Lipinski definition) is 5. The Balaban J connectivity index is 2.18. The standard InChI is InChI=1S/C14H12N4O4/c1-9(19)16-12-5-3-2-4-11(12)14(20)17-13-7-6-10(8-15-13)18(21)22/h2-8H,1H3,(H,16,19)(H,15,17,20). The molecule has 1 aromatic carbocycles. The second-order valence-electron chi connectivity index (χ2n) is 4.34. The smallest absolute Gasteiger partial charge is 0.287 e. The second kappa shape index (κ2) is 6.44. The van der Waals surface area contributed by atoms with Crippen LogP contribution in [-0.2, 0) is 4.79 Å². The van der Waals surface area contributed by atoms with Crippen molar-refractivity contribution < 1.29 is 14.5 Å². The SMILES string of the molecule is CC(=O)Nc1ccccc1C(=O)Nc1ccc([N+](=O)[O-])cn1. The van der Waals surface area contributed by atoms with E-state index in [0.29, 0.717) is 5.69 Å². The number of pyridine rings is 1. The number of carbonyl (C=O) groups excluding carboxylic acids is 2. The number of amides is 2. The molecule has 2 amide bonds. The first-order valence-corrected chi connectivity index (χ1v) is 6.26. The third-order valence-corrected chi connectivity index (χ3v) is 2.68. The van der Waals surface area contributed by atoms with Crippen LogP contribution in [0.1, 0.15) is 17.3 Å². The van der Waals surface area contributed by atoms with Crippen LogP contribution in [0.15, 0.2) is 42.6 Å². The lowest BCUT2D eigenvalue weighted by molar-refractivity contribution is -0.385. The summed E-state index contributed by atoms with van der Waals surface area (Å²) < 4.78 is 0. The summed E-state index contributed by atoms with van der Waals surface area (Å²) in [4.78, 5) is 37.1. The van der Waals surface area contributed by atoms with E-state index in [0.717, 1.165) is 6.20 Å². The van der Waals surface area contributed by atoms with Crippen LogP contribution in [0.25, 0.3) is 0 Å². The largest absolute Gasteiger partial charge is 0.326 e. The zero-order chi connectivity index (χ0) is 16.1. The minimum absolute atomic E-state index is 0.170. The van der Waals surface area contributed by atoms with Gasteiger partial charge in [0.1, 0.15) is 12.0 Å². The molecule has 0 spiro atoms. The molecule has 8 heteroatoms. The number of para-hydroxylation sites is 1. The van der Waals surface area contributed by atoms with Crippen molar-refractivity contribution in [3.63, 3.8) is 0 Å². The van der Waals surface area contributed by atoms with Crippen LogP contribution in [-0.4, -0.2) is 21.7 Å². The number of carbonyl (C=O) groups is 2. The van der Waals surface area contributed by atoms with Crippen LogP contribution in [0.5, 0.6) is 0 Å². The number of nitro groups is 1. The maximum Gasteiger partial charge on any atom is 0.287 e. The number of anilines is 2. The summed E-state index contributed by atoms with van der Waals surface area (Å²) in [5.41, 5.74) is 0.462. The number of hydrogen-bond donors (Lipinski definition) is 2. The third kappa shape index (κ3) is 3.63. The Morgan fingerprint density at radius 1 is 1.14 bits per heavy atom. The molecule has 2 aromatic rings. The normalized spacial score (nSPS) is 9.86. The van der Waals surface area contributed by atoms with Gasteiger partial charge in [-0.15, -0.1) is 0 Å². The molecule has 0 atom stereocenters. The Morgan fingerprint density at radius 2 is 1.86 bits per heavy atom. The van der Waals surface area contributed by atoms with Gasteiger partial charge in [-0.05, 0) is 18.2 Å². The maximum atomic E-state index is 12.2. The second-order valence-corrected chi connectivity index (χ2v) is 4.34. The van der Waals surface area contributed by atoms with E-state index in [2.05, 4.69) is 15.6 Å². The molecule has 2 rings (SSSR count). The lowest BCUT2D eigenvalue weighted by Gasteiger charge is -2.09. The van der Waals surface area contributed by atoms with Crippen molar-refractivity contribution in [2.45, 2.75) is 6.92 Å². The van der Waals surface area contributed by atoms with Crippen molar-refractivity contribution in [3.8, 4) is 0 Å². The molecule has 0 saturated heterocycles. The van der Waals surface area contributed by atoms with Crippen molar-refractivity contribution in [3.05, 3.63) is 58.3 Å². The molecule has 0 aliphatic heterocycles. The van der Waals surface area contributed by atoms with E-state index in [1.165, 1.54) is 19.1 Å². The van der Waals surface area contributed by atoms with Crippen molar-refractivity contribution in [2.24, 2.45) is 0 Å². The lowest BCUT2D eigenvalue weighted by atomic mass is 10.1. The summed E-state index contributed by atoms with van der Waals surface area (Å²) in [7, 11) is 0. The molecule has 22 heavy (non-hydrogen) atoms.